The van der Waals surface area contributed by atoms with Crippen molar-refractivity contribution in [3.8, 4) is 0 Å². The Morgan fingerprint density at radius 1 is 1.24 bits per heavy atom. The van der Waals surface area contributed by atoms with Gasteiger partial charge in [0.25, 0.3) is 0 Å². The summed E-state index contributed by atoms with van der Waals surface area (Å²) in [5.74, 6) is -1.91. The molecule has 1 unspecified atom stereocenters. The van der Waals surface area contributed by atoms with Crippen molar-refractivity contribution >= 4 is 5.91 Å². The van der Waals surface area contributed by atoms with Crippen LogP contribution in [0.15, 0.2) is 18.2 Å². The Kier molecular flexibility index (Phi) is 4.93. The van der Waals surface area contributed by atoms with Gasteiger partial charge in [0.2, 0.25) is 5.91 Å². The molecule has 0 spiro atoms. The van der Waals surface area contributed by atoms with E-state index in [1.807, 2.05) is 0 Å². The van der Waals surface area contributed by atoms with Gasteiger partial charge in [-0.3, -0.25) is 10.1 Å². The SMILES string of the molecule is CC(NC1CCCCCC1)(C(N)=O)c1cc(F)ccc1F. The minimum Gasteiger partial charge on any atom is -0.368 e. The molecule has 21 heavy (non-hydrogen) atoms. The first-order valence-corrected chi connectivity index (χ1v) is 7.46. The lowest BCUT2D eigenvalue weighted by Gasteiger charge is -2.33. The Morgan fingerprint density at radius 2 is 1.86 bits per heavy atom. The standard InChI is InChI=1S/C16H22F2N2O/c1-16(15(19)21,13-10-11(17)8-9-14(13)18)20-12-6-4-2-3-5-7-12/h8-10,12,20H,2-7H2,1H3,(H2,19,21). The zero-order valence-corrected chi connectivity index (χ0v) is 12.3. The van der Waals surface area contributed by atoms with Crippen LogP contribution in [0.1, 0.15) is 51.0 Å². The molecule has 0 heterocycles. The second kappa shape index (κ2) is 6.52. The molecular weight excluding hydrogens is 274 g/mol. The summed E-state index contributed by atoms with van der Waals surface area (Å²) in [5, 5.41) is 3.17. The molecule has 1 aliphatic rings. The van der Waals surface area contributed by atoms with Crippen LogP contribution in [0.3, 0.4) is 0 Å². The van der Waals surface area contributed by atoms with E-state index in [1.54, 1.807) is 0 Å². The first-order valence-electron chi connectivity index (χ1n) is 7.46. The molecule has 1 atom stereocenters. The number of nitrogens with two attached hydrogens (primary N) is 1. The zero-order chi connectivity index (χ0) is 15.5. The summed E-state index contributed by atoms with van der Waals surface area (Å²) in [4.78, 5) is 11.9. The van der Waals surface area contributed by atoms with Gasteiger partial charge in [-0.15, -0.1) is 0 Å². The molecule has 0 saturated heterocycles. The molecule has 0 aromatic heterocycles. The highest BCUT2D eigenvalue weighted by molar-refractivity contribution is 5.85. The fourth-order valence-electron chi connectivity index (χ4n) is 2.99. The molecule has 1 aromatic carbocycles. The summed E-state index contributed by atoms with van der Waals surface area (Å²) in [7, 11) is 0. The molecular formula is C16H22F2N2O. The Balaban J connectivity index is 2.31. The van der Waals surface area contributed by atoms with Gasteiger partial charge >= 0.3 is 0 Å². The van der Waals surface area contributed by atoms with Gasteiger partial charge in [0.05, 0.1) is 0 Å². The number of carbonyl (C=O) groups excluding carboxylic acids is 1. The van der Waals surface area contributed by atoms with E-state index in [9.17, 15) is 13.6 Å². The molecule has 3 N–H and O–H groups in total. The Morgan fingerprint density at radius 3 is 2.43 bits per heavy atom. The van der Waals surface area contributed by atoms with Crippen LogP contribution in [-0.4, -0.2) is 11.9 Å². The van der Waals surface area contributed by atoms with Crippen LogP contribution in [0.25, 0.3) is 0 Å². The summed E-state index contributed by atoms with van der Waals surface area (Å²) in [6, 6.07) is 3.20. The van der Waals surface area contributed by atoms with E-state index in [0.29, 0.717) is 0 Å². The topological polar surface area (TPSA) is 55.1 Å². The van der Waals surface area contributed by atoms with E-state index < -0.39 is 23.1 Å². The van der Waals surface area contributed by atoms with E-state index in [2.05, 4.69) is 5.32 Å². The van der Waals surface area contributed by atoms with Crippen molar-refractivity contribution in [1.29, 1.82) is 0 Å². The maximum Gasteiger partial charge on any atom is 0.242 e. The van der Waals surface area contributed by atoms with Crippen LogP contribution in [-0.2, 0) is 10.3 Å². The number of primary amides is 1. The number of hydrogen-bond donors (Lipinski definition) is 2. The van der Waals surface area contributed by atoms with Crippen LogP contribution in [0.2, 0.25) is 0 Å². The minimum atomic E-state index is -1.40. The van der Waals surface area contributed by atoms with Crippen LogP contribution in [0, 0.1) is 11.6 Å². The van der Waals surface area contributed by atoms with Crippen LogP contribution in [0.5, 0.6) is 0 Å². The Labute approximate surface area is 123 Å². The summed E-state index contributed by atoms with van der Waals surface area (Å²) in [6.07, 6.45) is 6.30. The normalized spacial score (nSPS) is 19.8. The van der Waals surface area contributed by atoms with Gasteiger partial charge in [-0.25, -0.2) is 8.78 Å². The molecule has 1 fully saturated rings. The third-order valence-electron chi connectivity index (χ3n) is 4.31. The number of nitrogens with one attached hydrogen (secondary N) is 1. The lowest BCUT2D eigenvalue weighted by molar-refractivity contribution is -0.124. The molecule has 116 valence electrons. The fourth-order valence-corrected chi connectivity index (χ4v) is 2.99. The number of amides is 1. The van der Waals surface area contributed by atoms with Crippen molar-refractivity contribution in [2.45, 2.75) is 57.0 Å². The molecule has 1 aromatic rings. The van der Waals surface area contributed by atoms with Crippen LogP contribution < -0.4 is 11.1 Å². The maximum atomic E-state index is 14.0. The minimum absolute atomic E-state index is 0.0285. The van der Waals surface area contributed by atoms with Crippen molar-refractivity contribution in [1.82, 2.24) is 5.32 Å². The summed E-state index contributed by atoms with van der Waals surface area (Å²) in [6.45, 7) is 1.53. The number of halogens is 2. The first-order chi connectivity index (χ1) is 9.93. The number of carbonyl (C=O) groups is 1. The fraction of sp³-hybridized carbons (Fsp3) is 0.562. The maximum absolute atomic E-state index is 14.0. The summed E-state index contributed by atoms with van der Waals surface area (Å²) < 4.78 is 27.5. The highest BCUT2D eigenvalue weighted by atomic mass is 19.1. The quantitative estimate of drug-likeness (QED) is 0.839. The third kappa shape index (κ3) is 3.59. The molecule has 0 aliphatic heterocycles. The van der Waals surface area contributed by atoms with Gasteiger partial charge in [0.15, 0.2) is 0 Å². The molecule has 1 amide bonds. The predicted octanol–water partition coefficient (Wildman–Crippen LogP) is 2.98. The number of rotatable bonds is 4. The molecule has 0 bridgehead atoms. The molecule has 1 aliphatic carbocycles. The van der Waals surface area contributed by atoms with E-state index in [1.165, 1.54) is 19.8 Å². The van der Waals surface area contributed by atoms with E-state index in [-0.39, 0.29) is 11.6 Å². The first kappa shape index (κ1) is 15.9. The molecule has 0 radical (unpaired) electrons. The second-order valence-corrected chi connectivity index (χ2v) is 5.95. The average Bonchev–Trinajstić information content (AvgIpc) is 2.69. The van der Waals surface area contributed by atoms with Crippen molar-refractivity contribution in [2.75, 3.05) is 0 Å². The zero-order valence-electron chi connectivity index (χ0n) is 12.3. The van der Waals surface area contributed by atoms with E-state index >= 15 is 0 Å². The van der Waals surface area contributed by atoms with Gasteiger partial charge in [-0.2, -0.15) is 0 Å². The highest BCUT2D eigenvalue weighted by Gasteiger charge is 2.37. The molecule has 3 nitrogen and oxygen atoms in total. The molecule has 1 saturated carbocycles. The van der Waals surface area contributed by atoms with Crippen molar-refractivity contribution in [2.24, 2.45) is 5.73 Å². The number of benzene rings is 1. The summed E-state index contributed by atoms with van der Waals surface area (Å²) in [5.41, 5.74) is 4.06. The van der Waals surface area contributed by atoms with Crippen LogP contribution in [0.4, 0.5) is 8.78 Å². The molecule has 2 rings (SSSR count). The van der Waals surface area contributed by atoms with Crippen molar-refractivity contribution in [3.63, 3.8) is 0 Å². The predicted molar refractivity (Wildman–Crippen MR) is 77.5 cm³/mol. The monoisotopic (exact) mass is 296 g/mol. The van der Waals surface area contributed by atoms with Gasteiger partial charge in [-0.1, -0.05) is 25.7 Å². The lowest BCUT2D eigenvalue weighted by Crippen LogP contribution is -2.54. The largest absolute Gasteiger partial charge is 0.368 e. The van der Waals surface area contributed by atoms with Gasteiger partial charge in [0, 0.05) is 11.6 Å². The van der Waals surface area contributed by atoms with Crippen molar-refractivity contribution < 1.29 is 13.6 Å². The lowest BCUT2D eigenvalue weighted by atomic mass is 9.88. The Hall–Kier alpha value is -1.49. The smallest absolute Gasteiger partial charge is 0.242 e. The average molecular weight is 296 g/mol. The number of hydrogen-bond acceptors (Lipinski definition) is 2. The van der Waals surface area contributed by atoms with Crippen molar-refractivity contribution in [3.05, 3.63) is 35.4 Å². The third-order valence-corrected chi connectivity index (χ3v) is 4.31. The van der Waals surface area contributed by atoms with E-state index in [0.717, 1.165) is 43.9 Å². The van der Waals surface area contributed by atoms with Gasteiger partial charge < -0.3 is 5.73 Å². The van der Waals surface area contributed by atoms with Gasteiger partial charge in [-0.05, 0) is 38.0 Å². The summed E-state index contributed by atoms with van der Waals surface area (Å²) >= 11 is 0. The van der Waals surface area contributed by atoms with Gasteiger partial charge in [0.1, 0.15) is 17.2 Å². The Bertz CT molecular complexity index is 513. The molecule has 5 heteroatoms. The van der Waals surface area contributed by atoms with Crippen LogP contribution >= 0.6 is 0 Å². The van der Waals surface area contributed by atoms with E-state index in [4.69, 9.17) is 5.73 Å². The second-order valence-electron chi connectivity index (χ2n) is 5.95. The highest BCUT2D eigenvalue weighted by Crippen LogP contribution is 2.28.